The Labute approximate surface area is 109 Å². The standard InChI is InChI=1S/C13H13FN4O/c14-9-2-1-3-11(19)12(9)18-5-4-8-10(6-18)16-7-17-13(8)15/h1-3,7,19H,4-6H2,(H2,15,16,17). The number of benzene rings is 1. The van der Waals surface area contributed by atoms with Crippen molar-refractivity contribution in [3.63, 3.8) is 0 Å². The Morgan fingerprint density at radius 1 is 1.32 bits per heavy atom. The van der Waals surface area contributed by atoms with Gasteiger partial charge in [-0.25, -0.2) is 14.4 Å². The largest absolute Gasteiger partial charge is 0.506 e. The van der Waals surface area contributed by atoms with E-state index in [1.54, 1.807) is 4.90 Å². The van der Waals surface area contributed by atoms with Gasteiger partial charge in [0.1, 0.15) is 29.4 Å². The Kier molecular flexibility index (Phi) is 2.70. The van der Waals surface area contributed by atoms with Gasteiger partial charge in [0.15, 0.2) is 0 Å². The van der Waals surface area contributed by atoms with Crippen molar-refractivity contribution in [3.8, 4) is 5.75 Å². The van der Waals surface area contributed by atoms with Crippen molar-refractivity contribution in [1.29, 1.82) is 0 Å². The monoisotopic (exact) mass is 260 g/mol. The van der Waals surface area contributed by atoms with E-state index in [-0.39, 0.29) is 11.4 Å². The van der Waals surface area contributed by atoms with Gasteiger partial charge in [-0.2, -0.15) is 0 Å². The molecule has 0 saturated heterocycles. The summed E-state index contributed by atoms with van der Waals surface area (Å²) in [5, 5.41) is 9.81. The number of phenolic OH excluding ortho intramolecular Hbond substituents is 1. The van der Waals surface area contributed by atoms with Gasteiger partial charge in [-0.3, -0.25) is 0 Å². The van der Waals surface area contributed by atoms with Crippen LogP contribution in [0.25, 0.3) is 0 Å². The van der Waals surface area contributed by atoms with Crippen molar-refractivity contribution >= 4 is 11.5 Å². The molecule has 19 heavy (non-hydrogen) atoms. The lowest BCUT2D eigenvalue weighted by Crippen LogP contribution is -2.32. The summed E-state index contributed by atoms with van der Waals surface area (Å²) in [6.45, 7) is 0.982. The number of hydrogen-bond donors (Lipinski definition) is 2. The first-order valence-corrected chi connectivity index (χ1v) is 5.97. The predicted molar refractivity (Wildman–Crippen MR) is 69.3 cm³/mol. The third-order valence-electron chi connectivity index (χ3n) is 3.32. The molecule has 0 spiro atoms. The zero-order valence-corrected chi connectivity index (χ0v) is 10.2. The summed E-state index contributed by atoms with van der Waals surface area (Å²) in [5.41, 5.74) is 7.70. The van der Waals surface area contributed by atoms with Gasteiger partial charge in [0.2, 0.25) is 0 Å². The van der Waals surface area contributed by atoms with Crippen LogP contribution in [0, 0.1) is 5.82 Å². The van der Waals surface area contributed by atoms with E-state index in [2.05, 4.69) is 9.97 Å². The van der Waals surface area contributed by atoms with Crippen molar-refractivity contribution in [2.75, 3.05) is 17.2 Å². The summed E-state index contributed by atoms with van der Waals surface area (Å²) < 4.78 is 13.8. The smallest absolute Gasteiger partial charge is 0.150 e. The molecule has 0 atom stereocenters. The van der Waals surface area contributed by atoms with Gasteiger partial charge < -0.3 is 15.7 Å². The van der Waals surface area contributed by atoms with E-state index < -0.39 is 5.82 Å². The molecule has 3 rings (SSSR count). The van der Waals surface area contributed by atoms with Gasteiger partial charge in [0.25, 0.3) is 0 Å². The second-order valence-electron chi connectivity index (χ2n) is 4.46. The highest BCUT2D eigenvalue weighted by Crippen LogP contribution is 2.33. The molecule has 5 nitrogen and oxygen atoms in total. The number of phenols is 1. The molecule has 0 aliphatic carbocycles. The maximum absolute atomic E-state index is 13.8. The van der Waals surface area contributed by atoms with Crippen molar-refractivity contribution in [2.45, 2.75) is 13.0 Å². The molecule has 1 aromatic heterocycles. The molecule has 0 bridgehead atoms. The van der Waals surface area contributed by atoms with E-state index in [9.17, 15) is 9.50 Å². The van der Waals surface area contributed by atoms with Crippen LogP contribution in [-0.2, 0) is 13.0 Å². The van der Waals surface area contributed by atoms with Crippen LogP contribution < -0.4 is 10.6 Å². The average molecular weight is 260 g/mol. The maximum Gasteiger partial charge on any atom is 0.150 e. The average Bonchev–Trinajstić information content (AvgIpc) is 2.39. The van der Waals surface area contributed by atoms with Crippen molar-refractivity contribution in [2.24, 2.45) is 0 Å². The van der Waals surface area contributed by atoms with Crippen LogP contribution in [0.2, 0.25) is 0 Å². The zero-order valence-electron chi connectivity index (χ0n) is 10.2. The molecule has 2 heterocycles. The minimum Gasteiger partial charge on any atom is -0.506 e. The highest BCUT2D eigenvalue weighted by Gasteiger charge is 2.23. The SMILES string of the molecule is Nc1ncnc2c1CCN(c1c(O)cccc1F)C2. The maximum atomic E-state index is 13.8. The fraction of sp³-hybridized carbons (Fsp3) is 0.231. The molecule has 1 aliphatic heterocycles. The van der Waals surface area contributed by atoms with E-state index in [0.717, 1.165) is 11.3 Å². The molecule has 3 N–H and O–H groups in total. The Morgan fingerprint density at radius 3 is 2.95 bits per heavy atom. The lowest BCUT2D eigenvalue weighted by atomic mass is 10.0. The van der Waals surface area contributed by atoms with Crippen LogP contribution in [0.5, 0.6) is 5.75 Å². The van der Waals surface area contributed by atoms with E-state index in [4.69, 9.17) is 5.73 Å². The van der Waals surface area contributed by atoms with Crippen LogP contribution in [-0.4, -0.2) is 21.6 Å². The minimum absolute atomic E-state index is 0.0644. The van der Waals surface area contributed by atoms with Crippen LogP contribution in [0.15, 0.2) is 24.5 Å². The summed E-state index contributed by atoms with van der Waals surface area (Å²) in [5.74, 6) is -0.0293. The molecular weight excluding hydrogens is 247 g/mol. The normalized spacial score (nSPS) is 14.3. The molecular formula is C13H13FN4O. The Bertz CT molecular complexity index is 612. The number of nitrogens with zero attached hydrogens (tertiary/aromatic N) is 3. The molecule has 0 fully saturated rings. The molecule has 0 unspecified atom stereocenters. The minimum atomic E-state index is -0.439. The second kappa shape index (κ2) is 4.38. The van der Waals surface area contributed by atoms with Crippen LogP contribution in [0.4, 0.5) is 15.9 Å². The molecule has 1 aromatic carbocycles. The fourth-order valence-electron chi connectivity index (χ4n) is 2.39. The summed E-state index contributed by atoms with van der Waals surface area (Å²) in [7, 11) is 0. The van der Waals surface area contributed by atoms with E-state index in [0.29, 0.717) is 25.3 Å². The first-order valence-electron chi connectivity index (χ1n) is 5.97. The number of rotatable bonds is 1. The Morgan fingerprint density at radius 2 is 2.16 bits per heavy atom. The van der Waals surface area contributed by atoms with Crippen LogP contribution in [0.1, 0.15) is 11.3 Å². The summed E-state index contributed by atoms with van der Waals surface area (Å²) in [6, 6.07) is 4.29. The van der Waals surface area contributed by atoms with Gasteiger partial charge >= 0.3 is 0 Å². The first kappa shape index (κ1) is 11.7. The van der Waals surface area contributed by atoms with E-state index in [1.165, 1.54) is 24.5 Å². The number of para-hydroxylation sites is 1. The van der Waals surface area contributed by atoms with Crippen molar-refractivity contribution in [1.82, 2.24) is 9.97 Å². The predicted octanol–water partition coefficient (Wildman–Crippen LogP) is 1.47. The molecule has 98 valence electrons. The highest BCUT2D eigenvalue weighted by atomic mass is 19.1. The Balaban J connectivity index is 1.98. The van der Waals surface area contributed by atoms with Gasteiger partial charge in [-0.15, -0.1) is 0 Å². The summed E-state index contributed by atoms with van der Waals surface area (Å²) in [4.78, 5) is 9.89. The van der Waals surface area contributed by atoms with Gasteiger partial charge in [-0.05, 0) is 18.6 Å². The van der Waals surface area contributed by atoms with Crippen LogP contribution >= 0.6 is 0 Å². The fourth-order valence-corrected chi connectivity index (χ4v) is 2.39. The Hall–Kier alpha value is -2.37. The van der Waals surface area contributed by atoms with Gasteiger partial charge in [0, 0.05) is 12.1 Å². The molecule has 0 radical (unpaired) electrons. The van der Waals surface area contributed by atoms with Crippen molar-refractivity contribution in [3.05, 3.63) is 41.6 Å². The van der Waals surface area contributed by atoms with E-state index in [1.807, 2.05) is 0 Å². The highest BCUT2D eigenvalue weighted by molar-refractivity contribution is 5.60. The number of aromatic nitrogens is 2. The number of anilines is 2. The first-order chi connectivity index (χ1) is 9.16. The zero-order chi connectivity index (χ0) is 13.4. The topological polar surface area (TPSA) is 75.3 Å². The number of aromatic hydroxyl groups is 1. The number of nitrogens with two attached hydrogens (primary N) is 1. The quantitative estimate of drug-likeness (QED) is 0.812. The number of nitrogen functional groups attached to an aromatic ring is 1. The third kappa shape index (κ3) is 1.95. The molecule has 0 saturated carbocycles. The molecule has 0 amide bonds. The summed E-state index contributed by atoms with van der Waals surface area (Å²) in [6.07, 6.45) is 2.04. The van der Waals surface area contributed by atoms with Gasteiger partial charge in [0.05, 0.1) is 12.2 Å². The number of halogens is 1. The molecule has 1 aliphatic rings. The lowest BCUT2D eigenvalue weighted by Gasteiger charge is -2.30. The third-order valence-corrected chi connectivity index (χ3v) is 3.32. The summed E-state index contributed by atoms with van der Waals surface area (Å²) >= 11 is 0. The van der Waals surface area contributed by atoms with Crippen molar-refractivity contribution < 1.29 is 9.50 Å². The van der Waals surface area contributed by atoms with E-state index >= 15 is 0 Å². The second-order valence-corrected chi connectivity index (χ2v) is 4.46. The number of fused-ring (bicyclic) bond motifs is 1. The molecule has 2 aromatic rings. The van der Waals surface area contributed by atoms with Gasteiger partial charge in [-0.1, -0.05) is 6.07 Å². The molecule has 6 heteroatoms. The number of hydrogen-bond acceptors (Lipinski definition) is 5. The van der Waals surface area contributed by atoms with Crippen LogP contribution in [0.3, 0.4) is 0 Å². The lowest BCUT2D eigenvalue weighted by molar-refractivity contribution is 0.465.